The van der Waals surface area contributed by atoms with Gasteiger partial charge in [0.25, 0.3) is 0 Å². The van der Waals surface area contributed by atoms with E-state index in [2.05, 4.69) is 0 Å². The summed E-state index contributed by atoms with van der Waals surface area (Å²) in [7, 11) is 0. The van der Waals surface area contributed by atoms with E-state index in [-0.39, 0.29) is 19.1 Å². The van der Waals surface area contributed by atoms with Gasteiger partial charge in [-0.15, -0.1) is 0 Å². The van der Waals surface area contributed by atoms with E-state index in [0.29, 0.717) is 13.2 Å². The van der Waals surface area contributed by atoms with Gasteiger partial charge in [-0.25, -0.2) is 0 Å². The van der Waals surface area contributed by atoms with Crippen molar-refractivity contribution in [2.75, 3.05) is 26.3 Å². The summed E-state index contributed by atoms with van der Waals surface area (Å²) in [6.45, 7) is 4.77. The molecule has 0 aliphatic rings. The number of primary amides is 1. The molecule has 14 heavy (non-hydrogen) atoms. The van der Waals surface area contributed by atoms with Gasteiger partial charge in [-0.3, -0.25) is 9.59 Å². The van der Waals surface area contributed by atoms with E-state index in [4.69, 9.17) is 10.5 Å². The van der Waals surface area contributed by atoms with Gasteiger partial charge < -0.3 is 15.4 Å². The minimum Gasteiger partial charge on any atom is -0.372 e. The zero-order valence-corrected chi connectivity index (χ0v) is 8.78. The number of hydrogen-bond acceptors (Lipinski definition) is 3. The van der Waals surface area contributed by atoms with Gasteiger partial charge >= 0.3 is 0 Å². The summed E-state index contributed by atoms with van der Waals surface area (Å²) in [5.41, 5.74) is 4.99. The molecule has 0 aliphatic carbocycles. The van der Waals surface area contributed by atoms with Gasteiger partial charge in [0.05, 0.1) is 6.54 Å². The third-order valence-corrected chi connectivity index (χ3v) is 1.66. The first-order valence-electron chi connectivity index (χ1n) is 4.75. The van der Waals surface area contributed by atoms with E-state index >= 15 is 0 Å². The average Bonchev–Trinajstić information content (AvgIpc) is 2.14. The third-order valence-electron chi connectivity index (χ3n) is 1.66. The molecule has 0 aromatic rings. The van der Waals surface area contributed by atoms with E-state index in [9.17, 15) is 9.59 Å². The highest BCUT2D eigenvalue weighted by atomic mass is 16.5. The number of hydrogen-bond donors (Lipinski definition) is 1. The molecule has 0 spiro atoms. The molecule has 0 saturated carbocycles. The molecule has 5 nitrogen and oxygen atoms in total. The molecule has 0 rings (SSSR count). The first-order chi connectivity index (χ1) is 6.61. The van der Waals surface area contributed by atoms with Crippen LogP contribution in [-0.4, -0.2) is 43.0 Å². The summed E-state index contributed by atoms with van der Waals surface area (Å²) in [6, 6.07) is 0. The van der Waals surface area contributed by atoms with Gasteiger partial charge in [-0.05, 0) is 13.3 Å². The van der Waals surface area contributed by atoms with E-state index in [1.165, 1.54) is 4.90 Å². The zero-order valence-electron chi connectivity index (χ0n) is 8.78. The highest BCUT2D eigenvalue weighted by Crippen LogP contribution is 1.91. The van der Waals surface area contributed by atoms with Crippen molar-refractivity contribution in [1.82, 2.24) is 4.90 Å². The topological polar surface area (TPSA) is 72.6 Å². The fourth-order valence-electron chi connectivity index (χ4n) is 0.960. The second kappa shape index (κ2) is 7.32. The first-order valence-corrected chi connectivity index (χ1v) is 4.75. The van der Waals surface area contributed by atoms with Gasteiger partial charge in [0.1, 0.15) is 6.61 Å². The lowest BCUT2D eigenvalue weighted by Crippen LogP contribution is -2.40. The molecule has 2 amide bonds. The van der Waals surface area contributed by atoms with Crippen LogP contribution in [-0.2, 0) is 14.3 Å². The minimum atomic E-state index is -0.504. The third kappa shape index (κ3) is 5.53. The Kier molecular flexibility index (Phi) is 6.74. The van der Waals surface area contributed by atoms with Crippen molar-refractivity contribution in [3.05, 3.63) is 0 Å². The molecule has 0 heterocycles. The Hall–Kier alpha value is -1.10. The maximum atomic E-state index is 11.4. The highest BCUT2D eigenvalue weighted by molar-refractivity contribution is 5.84. The Morgan fingerprint density at radius 3 is 2.43 bits per heavy atom. The number of carbonyl (C=O) groups excluding carboxylic acids is 2. The van der Waals surface area contributed by atoms with Crippen LogP contribution in [0.5, 0.6) is 0 Å². The quantitative estimate of drug-likeness (QED) is 0.578. The summed E-state index contributed by atoms with van der Waals surface area (Å²) in [6.07, 6.45) is 0.870. The predicted octanol–water partition coefficient (Wildman–Crippen LogP) is -0.253. The minimum absolute atomic E-state index is 0.0228. The monoisotopic (exact) mass is 202 g/mol. The van der Waals surface area contributed by atoms with E-state index in [0.717, 1.165) is 6.42 Å². The highest BCUT2D eigenvalue weighted by Gasteiger charge is 2.13. The van der Waals surface area contributed by atoms with Crippen LogP contribution >= 0.6 is 0 Å². The van der Waals surface area contributed by atoms with Crippen molar-refractivity contribution in [2.24, 2.45) is 5.73 Å². The van der Waals surface area contributed by atoms with Gasteiger partial charge in [0, 0.05) is 13.2 Å². The summed E-state index contributed by atoms with van der Waals surface area (Å²) in [5, 5.41) is 0. The fraction of sp³-hybridized carbons (Fsp3) is 0.778. The van der Waals surface area contributed by atoms with Crippen molar-refractivity contribution in [2.45, 2.75) is 20.3 Å². The van der Waals surface area contributed by atoms with Crippen LogP contribution in [0.2, 0.25) is 0 Å². The number of nitrogens with zero attached hydrogens (tertiary/aromatic N) is 1. The Balaban J connectivity index is 3.85. The number of likely N-dealkylation sites (N-methyl/N-ethyl adjacent to an activating group) is 1. The molecule has 0 radical (unpaired) electrons. The molecule has 0 unspecified atom stereocenters. The molecule has 0 aliphatic heterocycles. The first kappa shape index (κ1) is 12.9. The van der Waals surface area contributed by atoms with Gasteiger partial charge in [0.2, 0.25) is 11.8 Å². The van der Waals surface area contributed by atoms with Gasteiger partial charge in [-0.1, -0.05) is 6.92 Å². The second-order valence-electron chi connectivity index (χ2n) is 2.93. The standard InChI is InChI=1S/C9H18N2O3/c1-3-5-14-7-9(13)11(4-2)6-8(10)12/h3-7H2,1-2H3,(H2,10,12). The fourth-order valence-corrected chi connectivity index (χ4v) is 0.960. The van der Waals surface area contributed by atoms with E-state index < -0.39 is 5.91 Å². The predicted molar refractivity (Wildman–Crippen MR) is 52.6 cm³/mol. The van der Waals surface area contributed by atoms with Crippen LogP contribution in [0.1, 0.15) is 20.3 Å². The van der Waals surface area contributed by atoms with Crippen molar-refractivity contribution >= 4 is 11.8 Å². The average molecular weight is 202 g/mol. The van der Waals surface area contributed by atoms with Crippen LogP contribution in [0.25, 0.3) is 0 Å². The lowest BCUT2D eigenvalue weighted by Gasteiger charge is -2.18. The maximum Gasteiger partial charge on any atom is 0.249 e. The molecule has 0 atom stereocenters. The van der Waals surface area contributed by atoms with Crippen LogP contribution in [0, 0.1) is 0 Å². The summed E-state index contributed by atoms with van der Waals surface area (Å²) >= 11 is 0. The summed E-state index contributed by atoms with van der Waals surface area (Å²) in [5.74, 6) is -0.699. The summed E-state index contributed by atoms with van der Waals surface area (Å²) in [4.78, 5) is 23.3. The molecule has 0 bridgehead atoms. The van der Waals surface area contributed by atoms with Crippen molar-refractivity contribution in [1.29, 1.82) is 0 Å². The zero-order chi connectivity index (χ0) is 11.0. The van der Waals surface area contributed by atoms with E-state index in [1.54, 1.807) is 6.92 Å². The van der Waals surface area contributed by atoms with Crippen LogP contribution in [0.4, 0.5) is 0 Å². The van der Waals surface area contributed by atoms with Crippen LogP contribution in [0.15, 0.2) is 0 Å². The second-order valence-corrected chi connectivity index (χ2v) is 2.93. The SMILES string of the molecule is CCCOCC(=O)N(CC)CC(N)=O. The van der Waals surface area contributed by atoms with Crippen LogP contribution in [0.3, 0.4) is 0 Å². The van der Waals surface area contributed by atoms with Crippen molar-refractivity contribution in [3.8, 4) is 0 Å². The Bertz CT molecular complexity index is 194. The molecule has 0 saturated heterocycles. The molecule has 0 aromatic heterocycles. The number of ether oxygens (including phenoxy) is 1. The largest absolute Gasteiger partial charge is 0.372 e. The Morgan fingerprint density at radius 2 is 2.00 bits per heavy atom. The van der Waals surface area contributed by atoms with Crippen molar-refractivity contribution < 1.29 is 14.3 Å². The summed E-state index contributed by atoms with van der Waals surface area (Å²) < 4.78 is 5.07. The molecule has 2 N–H and O–H groups in total. The van der Waals surface area contributed by atoms with Crippen LogP contribution < -0.4 is 5.73 Å². The Morgan fingerprint density at radius 1 is 1.36 bits per heavy atom. The molecular weight excluding hydrogens is 184 g/mol. The van der Waals surface area contributed by atoms with Crippen molar-refractivity contribution in [3.63, 3.8) is 0 Å². The maximum absolute atomic E-state index is 11.4. The van der Waals surface area contributed by atoms with Gasteiger partial charge in [0.15, 0.2) is 0 Å². The lowest BCUT2D eigenvalue weighted by atomic mass is 10.4. The van der Waals surface area contributed by atoms with Gasteiger partial charge in [-0.2, -0.15) is 0 Å². The number of nitrogens with two attached hydrogens (primary N) is 1. The molecule has 0 aromatic carbocycles. The molecule has 82 valence electrons. The smallest absolute Gasteiger partial charge is 0.249 e. The Labute approximate surface area is 84.2 Å². The molecule has 0 fully saturated rings. The number of amides is 2. The molecule has 5 heteroatoms. The van der Waals surface area contributed by atoms with E-state index in [1.807, 2.05) is 6.92 Å². The normalized spacial score (nSPS) is 9.86. The number of carbonyl (C=O) groups is 2. The molecular formula is C9H18N2O3. The lowest BCUT2D eigenvalue weighted by molar-refractivity contribution is -0.139. The number of rotatable bonds is 7.